The summed E-state index contributed by atoms with van der Waals surface area (Å²) in [6.45, 7) is 10.4. The predicted octanol–water partition coefficient (Wildman–Crippen LogP) is 7.59. The molecule has 0 aromatic heterocycles. The zero-order valence-electron chi connectivity index (χ0n) is 19.0. The summed E-state index contributed by atoms with van der Waals surface area (Å²) in [5, 5.41) is 7.51. The van der Waals surface area contributed by atoms with Crippen LogP contribution in [0.3, 0.4) is 0 Å². The lowest BCUT2D eigenvalue weighted by atomic mass is 10.0. The number of allylic oxidation sites excluding steroid dienone is 1. The van der Waals surface area contributed by atoms with E-state index in [1.54, 1.807) is 13.0 Å². The van der Waals surface area contributed by atoms with E-state index in [-0.39, 0.29) is 5.57 Å². The molecule has 0 aliphatic heterocycles. The third-order valence-corrected chi connectivity index (χ3v) is 4.63. The summed E-state index contributed by atoms with van der Waals surface area (Å²) in [6, 6.07) is 1.69. The first-order valence-electron chi connectivity index (χ1n) is 11.4. The van der Waals surface area contributed by atoms with E-state index in [1.165, 1.54) is 89.5 Å². The Morgan fingerprint density at radius 3 is 1.48 bits per heavy atom. The Morgan fingerprint density at radius 2 is 1.17 bits per heavy atom. The van der Waals surface area contributed by atoms with Crippen molar-refractivity contribution >= 4 is 11.9 Å². The minimum atomic E-state index is -0.606. The maximum atomic E-state index is 11.4. The highest BCUT2D eigenvalue weighted by Crippen LogP contribution is 2.13. The molecule has 4 heteroatoms. The molecule has 0 aromatic carbocycles. The van der Waals surface area contributed by atoms with Crippen LogP contribution in [-0.4, -0.2) is 11.9 Å². The number of nitriles is 1. The van der Waals surface area contributed by atoms with Crippen molar-refractivity contribution in [2.45, 2.75) is 117 Å². The molecule has 0 spiro atoms. The van der Waals surface area contributed by atoms with E-state index in [2.05, 4.69) is 24.8 Å². The van der Waals surface area contributed by atoms with Crippen LogP contribution in [0.4, 0.5) is 0 Å². The Kier molecular flexibility index (Phi) is 24.4. The van der Waals surface area contributed by atoms with Crippen LogP contribution >= 0.6 is 0 Å². The first-order chi connectivity index (χ1) is 14.0. The number of unbranched alkanes of at least 4 members (excludes halogenated alkanes) is 14. The molecule has 0 fully saturated rings. The summed E-state index contributed by atoms with van der Waals surface area (Å²) in [5.41, 5.74) is 0.268. The minimum absolute atomic E-state index is 0.268. The Bertz CT molecular complexity index is 477. The van der Waals surface area contributed by atoms with Crippen LogP contribution in [0.25, 0.3) is 0 Å². The van der Waals surface area contributed by atoms with Gasteiger partial charge in [0.25, 0.3) is 0 Å². The molecule has 4 nitrogen and oxygen atoms in total. The van der Waals surface area contributed by atoms with Crippen LogP contribution in [0.5, 0.6) is 0 Å². The van der Waals surface area contributed by atoms with E-state index in [1.807, 2.05) is 0 Å². The van der Waals surface area contributed by atoms with Gasteiger partial charge in [-0.2, -0.15) is 5.26 Å². The lowest BCUT2D eigenvalue weighted by Gasteiger charge is -2.04. The number of hydrogen-bond donors (Lipinski definition) is 0. The zero-order chi connectivity index (χ0) is 22.2. The molecule has 0 aliphatic carbocycles. The third-order valence-electron chi connectivity index (χ3n) is 4.63. The summed E-state index contributed by atoms with van der Waals surface area (Å²) in [6.07, 6.45) is 20.9. The van der Waals surface area contributed by atoms with Crippen molar-refractivity contribution in [2.75, 3.05) is 0 Å². The normalized spacial score (nSPS) is 9.69. The Labute approximate surface area is 179 Å². The molecule has 0 N–H and O–H groups in total. The van der Waals surface area contributed by atoms with E-state index in [4.69, 9.17) is 5.26 Å². The lowest BCUT2D eigenvalue weighted by molar-refractivity contribution is -0.156. The number of carbonyl (C=O) groups is 2. The summed E-state index contributed by atoms with van der Waals surface area (Å²) in [7, 11) is 0. The maximum Gasteiger partial charge on any atom is 0.340 e. The van der Waals surface area contributed by atoms with Gasteiger partial charge in [0.2, 0.25) is 0 Å². The van der Waals surface area contributed by atoms with Crippen LogP contribution in [0.15, 0.2) is 24.8 Å². The maximum absolute atomic E-state index is 11.4. The molecular formula is C25H43NO3. The predicted molar refractivity (Wildman–Crippen MR) is 121 cm³/mol. The number of nitrogens with zero attached hydrogens (tertiary/aromatic N) is 1. The second kappa shape index (κ2) is 24.1. The van der Waals surface area contributed by atoms with Gasteiger partial charge >= 0.3 is 11.9 Å². The average Bonchev–Trinajstić information content (AvgIpc) is 2.70. The highest BCUT2D eigenvalue weighted by Gasteiger charge is 2.10. The first kappa shape index (κ1) is 29.3. The summed E-state index contributed by atoms with van der Waals surface area (Å²) in [4.78, 5) is 22.6. The highest BCUT2D eigenvalue weighted by molar-refractivity contribution is 5.95. The Balaban J connectivity index is 0. The molecule has 0 rings (SSSR count). The molecular weight excluding hydrogens is 362 g/mol. The molecule has 0 unspecified atom stereocenters. The molecule has 0 aromatic rings. The van der Waals surface area contributed by atoms with Gasteiger partial charge in [-0.25, -0.2) is 4.79 Å². The van der Waals surface area contributed by atoms with Gasteiger partial charge in [0.05, 0.1) is 6.07 Å². The Morgan fingerprint density at radius 1 is 0.828 bits per heavy atom. The highest BCUT2D eigenvalue weighted by atomic mass is 16.6. The van der Waals surface area contributed by atoms with Crippen molar-refractivity contribution in [3.63, 3.8) is 0 Å². The van der Waals surface area contributed by atoms with Crippen molar-refractivity contribution in [3.05, 3.63) is 24.8 Å². The fourth-order valence-electron chi connectivity index (χ4n) is 2.88. The standard InChI is InChI=1S/C22H40O3.C3H3N/c1-4-5-6-7-8-9-10-11-12-13-14-15-16-17-18-19-21(23)25-22(24)20(2)3;1-2-3-4/h2,4-19H2,1,3H3;2H,1H2. The molecule has 0 aliphatic rings. The number of ether oxygens (including phenoxy) is 1. The topological polar surface area (TPSA) is 67.2 Å². The number of rotatable bonds is 17. The summed E-state index contributed by atoms with van der Waals surface area (Å²) >= 11 is 0. The van der Waals surface area contributed by atoms with Crippen molar-refractivity contribution in [2.24, 2.45) is 0 Å². The average molecular weight is 406 g/mol. The molecule has 29 heavy (non-hydrogen) atoms. The van der Waals surface area contributed by atoms with E-state index in [0.717, 1.165) is 12.8 Å². The minimum Gasteiger partial charge on any atom is -0.390 e. The van der Waals surface area contributed by atoms with Crippen LogP contribution in [0.1, 0.15) is 117 Å². The van der Waals surface area contributed by atoms with Crippen molar-refractivity contribution in [1.29, 1.82) is 5.26 Å². The van der Waals surface area contributed by atoms with Gasteiger partial charge in [-0.15, -0.1) is 0 Å². The van der Waals surface area contributed by atoms with E-state index in [0.29, 0.717) is 6.42 Å². The fraction of sp³-hybridized carbons (Fsp3) is 0.720. The molecule has 0 heterocycles. The molecule has 0 atom stereocenters. The third kappa shape index (κ3) is 26.1. The van der Waals surface area contributed by atoms with Crippen LogP contribution < -0.4 is 0 Å². The number of carbonyl (C=O) groups excluding carboxylic acids is 2. The van der Waals surface area contributed by atoms with Gasteiger partial charge in [-0.1, -0.05) is 110 Å². The number of hydrogen-bond acceptors (Lipinski definition) is 4. The smallest absolute Gasteiger partial charge is 0.340 e. The number of esters is 2. The summed E-state index contributed by atoms with van der Waals surface area (Å²) < 4.78 is 4.65. The van der Waals surface area contributed by atoms with Gasteiger partial charge in [-0.05, 0) is 13.3 Å². The van der Waals surface area contributed by atoms with Gasteiger partial charge in [-0.3, -0.25) is 4.79 Å². The first-order valence-corrected chi connectivity index (χ1v) is 11.4. The van der Waals surface area contributed by atoms with Crippen LogP contribution in [0.2, 0.25) is 0 Å². The summed E-state index contributed by atoms with van der Waals surface area (Å²) in [5.74, 6) is -1.03. The van der Waals surface area contributed by atoms with E-state index in [9.17, 15) is 9.59 Å². The monoisotopic (exact) mass is 405 g/mol. The van der Waals surface area contributed by atoms with Crippen molar-refractivity contribution < 1.29 is 14.3 Å². The second-order valence-electron chi connectivity index (χ2n) is 7.57. The van der Waals surface area contributed by atoms with Crippen molar-refractivity contribution in [1.82, 2.24) is 0 Å². The van der Waals surface area contributed by atoms with E-state index >= 15 is 0 Å². The molecule has 166 valence electrons. The quantitative estimate of drug-likeness (QED) is 0.0821. The van der Waals surface area contributed by atoms with Gasteiger partial charge in [0.15, 0.2) is 0 Å². The van der Waals surface area contributed by atoms with Gasteiger partial charge < -0.3 is 4.74 Å². The fourth-order valence-corrected chi connectivity index (χ4v) is 2.88. The SMILES string of the molecule is C=C(C)C(=O)OC(=O)CCCCCCCCCCCCCCCCC.C=CC#N. The second-order valence-corrected chi connectivity index (χ2v) is 7.57. The largest absolute Gasteiger partial charge is 0.390 e. The molecule has 0 saturated carbocycles. The van der Waals surface area contributed by atoms with Crippen molar-refractivity contribution in [3.8, 4) is 6.07 Å². The lowest BCUT2D eigenvalue weighted by Crippen LogP contribution is -2.12. The van der Waals surface area contributed by atoms with Gasteiger partial charge in [0, 0.05) is 18.1 Å². The van der Waals surface area contributed by atoms with Gasteiger partial charge in [0.1, 0.15) is 0 Å². The van der Waals surface area contributed by atoms with Crippen LogP contribution in [-0.2, 0) is 14.3 Å². The molecule has 0 bridgehead atoms. The molecule has 0 radical (unpaired) electrons. The van der Waals surface area contributed by atoms with Crippen LogP contribution in [0, 0.1) is 11.3 Å². The zero-order valence-corrected chi connectivity index (χ0v) is 19.0. The van der Waals surface area contributed by atoms with E-state index < -0.39 is 11.9 Å². The molecule has 0 saturated heterocycles. The molecule has 0 amide bonds. The Hall–Kier alpha value is -1.89.